The van der Waals surface area contributed by atoms with E-state index in [9.17, 15) is 0 Å². The van der Waals surface area contributed by atoms with E-state index in [1.165, 1.54) is 5.56 Å². The number of hydrogen-bond donors (Lipinski definition) is 1. The van der Waals surface area contributed by atoms with Crippen LogP contribution in [0.4, 0.5) is 5.95 Å². The van der Waals surface area contributed by atoms with E-state index in [-0.39, 0.29) is 0 Å². The molecule has 0 saturated carbocycles. The molecule has 0 unspecified atom stereocenters. The maximum atomic E-state index is 5.06. The van der Waals surface area contributed by atoms with Crippen molar-refractivity contribution in [3.8, 4) is 5.69 Å². The molecule has 0 aliphatic rings. The second-order valence-corrected chi connectivity index (χ2v) is 5.75. The number of halogens is 1. The standard InChI is InChI=1S/C15H20BrN3O/c1-11-7-13(16)9-14(8-11)19-10-12(2)18-15(19)17-5-4-6-20-3/h7-10H,4-6H2,1-3H3,(H,17,18). The molecule has 0 amide bonds. The van der Waals surface area contributed by atoms with Crippen LogP contribution >= 0.6 is 15.9 Å². The average molecular weight is 338 g/mol. The molecular formula is C15H20BrN3O. The largest absolute Gasteiger partial charge is 0.385 e. The third-order valence-corrected chi connectivity index (χ3v) is 3.40. The molecule has 2 aromatic rings. The first kappa shape index (κ1) is 15.1. The number of nitrogens with zero attached hydrogens (tertiary/aromatic N) is 2. The van der Waals surface area contributed by atoms with Gasteiger partial charge in [-0.2, -0.15) is 0 Å². The quantitative estimate of drug-likeness (QED) is 0.817. The summed E-state index contributed by atoms with van der Waals surface area (Å²) in [5, 5.41) is 3.36. The van der Waals surface area contributed by atoms with E-state index in [1.807, 2.05) is 13.1 Å². The summed E-state index contributed by atoms with van der Waals surface area (Å²) in [6.45, 7) is 5.69. The summed E-state index contributed by atoms with van der Waals surface area (Å²) in [6, 6.07) is 6.33. The minimum atomic E-state index is 0.753. The van der Waals surface area contributed by atoms with Crippen LogP contribution in [0.15, 0.2) is 28.9 Å². The zero-order chi connectivity index (χ0) is 14.5. The number of imidazole rings is 1. The second kappa shape index (κ2) is 6.90. The highest BCUT2D eigenvalue weighted by atomic mass is 79.9. The maximum absolute atomic E-state index is 5.06. The number of hydrogen-bond acceptors (Lipinski definition) is 3. The Morgan fingerprint density at radius 2 is 2.10 bits per heavy atom. The summed E-state index contributed by atoms with van der Waals surface area (Å²) in [4.78, 5) is 4.54. The Morgan fingerprint density at radius 3 is 2.80 bits per heavy atom. The van der Waals surface area contributed by atoms with Crippen LogP contribution in [-0.4, -0.2) is 29.8 Å². The molecule has 20 heavy (non-hydrogen) atoms. The fourth-order valence-electron chi connectivity index (χ4n) is 2.09. The number of methoxy groups -OCH3 is 1. The third-order valence-electron chi connectivity index (χ3n) is 2.94. The van der Waals surface area contributed by atoms with E-state index in [0.29, 0.717) is 0 Å². The monoisotopic (exact) mass is 337 g/mol. The lowest BCUT2D eigenvalue weighted by Gasteiger charge is -2.11. The Balaban J connectivity index is 2.22. The Hall–Kier alpha value is -1.33. The van der Waals surface area contributed by atoms with E-state index < -0.39 is 0 Å². The minimum absolute atomic E-state index is 0.753. The highest BCUT2D eigenvalue weighted by Crippen LogP contribution is 2.22. The summed E-state index contributed by atoms with van der Waals surface area (Å²) >= 11 is 3.54. The minimum Gasteiger partial charge on any atom is -0.385 e. The van der Waals surface area contributed by atoms with E-state index >= 15 is 0 Å². The fraction of sp³-hybridized carbons (Fsp3) is 0.400. The molecule has 0 saturated heterocycles. The van der Waals surface area contributed by atoms with Crippen molar-refractivity contribution in [2.45, 2.75) is 20.3 Å². The normalized spacial score (nSPS) is 10.8. The average Bonchev–Trinajstić information content (AvgIpc) is 2.75. The van der Waals surface area contributed by atoms with Gasteiger partial charge in [0.1, 0.15) is 0 Å². The molecule has 1 aromatic carbocycles. The van der Waals surface area contributed by atoms with Gasteiger partial charge in [0.05, 0.1) is 5.69 Å². The predicted molar refractivity (Wildman–Crippen MR) is 85.7 cm³/mol. The van der Waals surface area contributed by atoms with Crippen molar-refractivity contribution >= 4 is 21.9 Å². The zero-order valence-electron chi connectivity index (χ0n) is 12.1. The molecule has 0 spiro atoms. The second-order valence-electron chi connectivity index (χ2n) is 4.84. The first-order valence-corrected chi connectivity index (χ1v) is 7.46. The lowest BCUT2D eigenvalue weighted by Crippen LogP contribution is -2.09. The van der Waals surface area contributed by atoms with Crippen molar-refractivity contribution in [3.63, 3.8) is 0 Å². The van der Waals surface area contributed by atoms with Gasteiger partial charge in [-0.15, -0.1) is 0 Å². The van der Waals surface area contributed by atoms with Crippen LogP contribution in [0.1, 0.15) is 17.7 Å². The molecule has 0 atom stereocenters. The van der Waals surface area contributed by atoms with Gasteiger partial charge in [0.25, 0.3) is 0 Å². The van der Waals surface area contributed by atoms with Crippen LogP contribution in [0.2, 0.25) is 0 Å². The molecule has 0 fully saturated rings. The molecule has 0 aliphatic carbocycles. The van der Waals surface area contributed by atoms with Gasteiger partial charge in [-0.05, 0) is 44.0 Å². The van der Waals surface area contributed by atoms with Crippen LogP contribution in [0, 0.1) is 13.8 Å². The Kier molecular flexibility index (Phi) is 5.20. The van der Waals surface area contributed by atoms with Crippen molar-refractivity contribution in [1.82, 2.24) is 9.55 Å². The maximum Gasteiger partial charge on any atom is 0.207 e. The topological polar surface area (TPSA) is 39.1 Å². The van der Waals surface area contributed by atoms with Crippen LogP contribution in [0.25, 0.3) is 5.69 Å². The SMILES string of the molecule is COCCCNc1nc(C)cn1-c1cc(C)cc(Br)c1. The number of aromatic nitrogens is 2. The summed E-state index contributed by atoms with van der Waals surface area (Å²) in [5.74, 6) is 0.871. The highest BCUT2D eigenvalue weighted by Gasteiger charge is 2.08. The number of aryl methyl sites for hydroxylation is 2. The number of anilines is 1. The number of ether oxygens (including phenoxy) is 1. The molecule has 0 bridgehead atoms. The van der Waals surface area contributed by atoms with Gasteiger partial charge in [-0.3, -0.25) is 4.57 Å². The Morgan fingerprint density at radius 1 is 1.30 bits per heavy atom. The fourth-order valence-corrected chi connectivity index (χ4v) is 2.69. The van der Waals surface area contributed by atoms with Crippen molar-refractivity contribution in [3.05, 3.63) is 40.1 Å². The molecule has 1 aromatic heterocycles. The number of nitrogens with one attached hydrogen (secondary N) is 1. The van der Waals surface area contributed by atoms with Crippen LogP contribution in [-0.2, 0) is 4.74 Å². The van der Waals surface area contributed by atoms with Gasteiger partial charge in [0.15, 0.2) is 0 Å². The van der Waals surface area contributed by atoms with Crippen LogP contribution < -0.4 is 5.32 Å². The predicted octanol–water partition coefficient (Wildman–Crippen LogP) is 3.70. The van der Waals surface area contributed by atoms with Gasteiger partial charge < -0.3 is 10.1 Å². The molecule has 0 aliphatic heterocycles. The first-order valence-electron chi connectivity index (χ1n) is 6.66. The highest BCUT2D eigenvalue weighted by molar-refractivity contribution is 9.10. The van der Waals surface area contributed by atoms with Gasteiger partial charge in [-0.25, -0.2) is 4.98 Å². The zero-order valence-corrected chi connectivity index (χ0v) is 13.7. The van der Waals surface area contributed by atoms with Crippen LogP contribution in [0.5, 0.6) is 0 Å². The smallest absolute Gasteiger partial charge is 0.207 e. The summed E-state index contributed by atoms with van der Waals surface area (Å²) < 4.78 is 8.21. The van der Waals surface area contributed by atoms with E-state index in [2.05, 4.69) is 55.9 Å². The van der Waals surface area contributed by atoms with E-state index in [4.69, 9.17) is 4.74 Å². The molecule has 2 rings (SSSR count). The van der Waals surface area contributed by atoms with Gasteiger partial charge >= 0.3 is 0 Å². The molecule has 0 radical (unpaired) electrons. The Labute approximate surface area is 128 Å². The van der Waals surface area contributed by atoms with E-state index in [1.54, 1.807) is 7.11 Å². The van der Waals surface area contributed by atoms with Crippen molar-refractivity contribution in [2.24, 2.45) is 0 Å². The molecule has 1 heterocycles. The van der Waals surface area contributed by atoms with Gasteiger partial charge in [0.2, 0.25) is 5.95 Å². The third kappa shape index (κ3) is 3.84. The summed E-state index contributed by atoms with van der Waals surface area (Å²) in [5.41, 5.74) is 3.31. The van der Waals surface area contributed by atoms with Gasteiger partial charge in [-0.1, -0.05) is 15.9 Å². The number of rotatable bonds is 6. The summed E-state index contributed by atoms with van der Waals surface area (Å²) in [7, 11) is 1.72. The number of benzene rings is 1. The molecule has 108 valence electrons. The Bertz CT molecular complexity index is 560. The lowest BCUT2D eigenvalue weighted by atomic mass is 10.2. The summed E-state index contributed by atoms with van der Waals surface area (Å²) in [6.07, 6.45) is 3.00. The molecule has 5 heteroatoms. The first-order chi connectivity index (χ1) is 9.60. The van der Waals surface area contributed by atoms with Crippen LogP contribution in [0.3, 0.4) is 0 Å². The molecular weight excluding hydrogens is 318 g/mol. The van der Waals surface area contributed by atoms with Crippen molar-refractivity contribution in [1.29, 1.82) is 0 Å². The van der Waals surface area contributed by atoms with Gasteiger partial charge in [0, 0.05) is 36.6 Å². The molecule has 1 N–H and O–H groups in total. The van der Waals surface area contributed by atoms with Crippen molar-refractivity contribution in [2.75, 3.05) is 25.6 Å². The lowest BCUT2D eigenvalue weighted by molar-refractivity contribution is 0.197. The van der Waals surface area contributed by atoms with E-state index in [0.717, 1.165) is 41.4 Å². The molecule has 4 nitrogen and oxygen atoms in total. The van der Waals surface area contributed by atoms with Crippen molar-refractivity contribution < 1.29 is 4.74 Å².